The first kappa shape index (κ1) is 27.6. The van der Waals surface area contributed by atoms with Gasteiger partial charge in [0.15, 0.2) is 0 Å². The van der Waals surface area contributed by atoms with E-state index >= 15 is 0 Å². The topological polar surface area (TPSA) is 79.2 Å². The van der Waals surface area contributed by atoms with Crippen molar-refractivity contribution in [3.63, 3.8) is 0 Å². The van der Waals surface area contributed by atoms with Crippen LogP contribution in [0.15, 0.2) is 12.2 Å². The first-order valence-corrected chi connectivity index (χ1v) is 12.6. The summed E-state index contributed by atoms with van der Waals surface area (Å²) >= 11 is 0. The summed E-state index contributed by atoms with van der Waals surface area (Å²) < 4.78 is 10.9. The molecule has 0 unspecified atom stereocenters. The molecule has 1 heterocycles. The Morgan fingerprint density at radius 2 is 1.33 bits per heavy atom. The van der Waals surface area contributed by atoms with E-state index in [2.05, 4.69) is 19.1 Å². The first-order chi connectivity index (χ1) is 14.7. The van der Waals surface area contributed by atoms with E-state index in [1.807, 2.05) is 0 Å². The molecule has 0 radical (unpaired) electrons. The van der Waals surface area contributed by atoms with Gasteiger partial charge in [0.2, 0.25) is 0 Å². The second-order valence-corrected chi connectivity index (χ2v) is 8.74. The van der Waals surface area contributed by atoms with E-state index in [-0.39, 0.29) is 13.2 Å². The van der Waals surface area contributed by atoms with Crippen molar-refractivity contribution in [3.05, 3.63) is 12.2 Å². The highest BCUT2D eigenvalue weighted by atomic mass is 16.6. The van der Waals surface area contributed by atoms with Gasteiger partial charge in [-0.1, -0.05) is 83.3 Å². The second-order valence-electron chi connectivity index (χ2n) is 8.74. The summed E-state index contributed by atoms with van der Waals surface area (Å²) in [4.78, 5) is 0. The van der Waals surface area contributed by atoms with Crippen LogP contribution in [0.3, 0.4) is 0 Å². The third kappa shape index (κ3) is 13.1. The van der Waals surface area contributed by atoms with Gasteiger partial charge < -0.3 is 24.8 Å². The fraction of sp³-hybridized carbons (Fsp3) is 0.920. The Morgan fingerprint density at radius 3 is 1.90 bits per heavy atom. The average Bonchev–Trinajstić information content (AvgIpc) is 2.75. The summed E-state index contributed by atoms with van der Waals surface area (Å²) in [6.07, 6.45) is 20.7. The fourth-order valence-corrected chi connectivity index (χ4v) is 3.97. The van der Waals surface area contributed by atoms with Crippen LogP contribution in [0.25, 0.3) is 0 Å². The van der Waals surface area contributed by atoms with Gasteiger partial charge in [0.25, 0.3) is 0 Å². The van der Waals surface area contributed by atoms with Crippen molar-refractivity contribution in [3.8, 4) is 0 Å². The van der Waals surface area contributed by atoms with Crippen LogP contribution in [0.2, 0.25) is 0 Å². The summed E-state index contributed by atoms with van der Waals surface area (Å²) in [6, 6.07) is 0. The molecule has 1 fully saturated rings. The number of hydrogen-bond donors (Lipinski definition) is 3. The van der Waals surface area contributed by atoms with E-state index in [1.54, 1.807) is 0 Å². The van der Waals surface area contributed by atoms with Crippen molar-refractivity contribution in [2.24, 2.45) is 0 Å². The van der Waals surface area contributed by atoms with E-state index < -0.39 is 24.4 Å². The minimum atomic E-state index is -0.972. The molecule has 0 aliphatic carbocycles. The number of hydrogen-bond acceptors (Lipinski definition) is 5. The zero-order valence-electron chi connectivity index (χ0n) is 19.4. The van der Waals surface area contributed by atoms with Gasteiger partial charge in [0.05, 0.1) is 13.2 Å². The van der Waals surface area contributed by atoms with Crippen LogP contribution in [0, 0.1) is 0 Å². The van der Waals surface area contributed by atoms with Gasteiger partial charge in [0.1, 0.15) is 24.4 Å². The van der Waals surface area contributed by atoms with Crippen LogP contribution in [0.5, 0.6) is 0 Å². The van der Waals surface area contributed by atoms with Gasteiger partial charge in [-0.05, 0) is 32.1 Å². The largest absolute Gasteiger partial charge is 0.394 e. The molecule has 0 spiro atoms. The van der Waals surface area contributed by atoms with Gasteiger partial charge in [0, 0.05) is 6.61 Å². The molecular weight excluding hydrogens is 380 g/mol. The van der Waals surface area contributed by atoms with Crippen LogP contribution in [-0.4, -0.2) is 59.6 Å². The van der Waals surface area contributed by atoms with Crippen LogP contribution >= 0.6 is 0 Å². The van der Waals surface area contributed by atoms with E-state index in [0.29, 0.717) is 6.61 Å². The smallest absolute Gasteiger partial charge is 0.114 e. The van der Waals surface area contributed by atoms with Crippen LogP contribution in [0.4, 0.5) is 0 Å². The molecule has 178 valence electrons. The standard InChI is InChI=1S/C25H48O5/c1-2-3-4-5-6-7-8-9-10-11-12-13-14-15-16-17-18-19-29-25-22(27)21-30-23(20-26)24(25)28/h6-7,22-28H,2-5,8-21H2,1H3/b7-6+/t22-,23+,24+,25+/m1/s1. The number of unbranched alkanes of at least 4 members (excludes halogenated alkanes) is 13. The second kappa shape index (κ2) is 19.2. The molecule has 0 aromatic rings. The predicted octanol–water partition coefficient (Wildman–Crippen LogP) is 4.91. The molecule has 1 aliphatic heterocycles. The average molecular weight is 429 g/mol. The molecule has 1 rings (SSSR count). The highest BCUT2D eigenvalue weighted by Crippen LogP contribution is 2.19. The van der Waals surface area contributed by atoms with E-state index in [4.69, 9.17) is 14.6 Å². The van der Waals surface area contributed by atoms with Crippen molar-refractivity contribution >= 4 is 0 Å². The number of allylic oxidation sites excluding steroid dienone is 2. The lowest BCUT2D eigenvalue weighted by molar-refractivity contribution is -0.210. The normalized spacial score (nSPS) is 24.7. The van der Waals surface area contributed by atoms with Crippen molar-refractivity contribution in [1.29, 1.82) is 0 Å². The van der Waals surface area contributed by atoms with Crippen molar-refractivity contribution in [2.45, 2.75) is 128 Å². The molecule has 0 aromatic heterocycles. The van der Waals surface area contributed by atoms with Gasteiger partial charge in [-0.3, -0.25) is 0 Å². The van der Waals surface area contributed by atoms with Gasteiger partial charge in [-0.25, -0.2) is 0 Å². The van der Waals surface area contributed by atoms with Crippen molar-refractivity contribution in [2.75, 3.05) is 19.8 Å². The Hall–Kier alpha value is -0.460. The lowest BCUT2D eigenvalue weighted by Crippen LogP contribution is -2.55. The van der Waals surface area contributed by atoms with Gasteiger partial charge in [-0.15, -0.1) is 0 Å². The molecule has 5 heteroatoms. The monoisotopic (exact) mass is 428 g/mol. The third-order valence-corrected chi connectivity index (χ3v) is 5.97. The number of aliphatic hydroxyl groups excluding tert-OH is 3. The highest BCUT2D eigenvalue weighted by molar-refractivity contribution is 4.87. The summed E-state index contributed by atoms with van der Waals surface area (Å²) in [6.45, 7) is 2.62. The molecule has 0 bridgehead atoms. The van der Waals surface area contributed by atoms with Crippen molar-refractivity contribution in [1.82, 2.24) is 0 Å². The molecule has 4 atom stereocenters. The quantitative estimate of drug-likeness (QED) is 0.201. The van der Waals surface area contributed by atoms with E-state index in [0.717, 1.165) is 12.8 Å². The molecule has 0 aromatic carbocycles. The fourth-order valence-electron chi connectivity index (χ4n) is 3.97. The molecule has 1 saturated heterocycles. The Bertz CT molecular complexity index is 401. The SMILES string of the molecule is CCCCC/C=C/CCCCCCCCCCCCO[C@@H]1[C@@H](O)[C@H](CO)OC[C@H]1O. The minimum absolute atomic E-state index is 0.0999. The Balaban J connectivity index is 1.83. The van der Waals surface area contributed by atoms with Crippen LogP contribution in [-0.2, 0) is 9.47 Å². The number of ether oxygens (including phenoxy) is 2. The van der Waals surface area contributed by atoms with Crippen LogP contribution < -0.4 is 0 Å². The zero-order chi connectivity index (χ0) is 21.9. The molecule has 3 N–H and O–H groups in total. The Morgan fingerprint density at radius 1 is 0.800 bits per heavy atom. The van der Waals surface area contributed by atoms with Gasteiger partial charge >= 0.3 is 0 Å². The number of rotatable bonds is 19. The predicted molar refractivity (Wildman–Crippen MR) is 123 cm³/mol. The Labute approximate surface area is 184 Å². The number of aliphatic hydroxyl groups is 3. The van der Waals surface area contributed by atoms with E-state index in [1.165, 1.54) is 83.5 Å². The van der Waals surface area contributed by atoms with Crippen molar-refractivity contribution < 1.29 is 24.8 Å². The maximum Gasteiger partial charge on any atom is 0.114 e. The molecule has 0 saturated carbocycles. The molecule has 0 amide bonds. The minimum Gasteiger partial charge on any atom is -0.394 e. The van der Waals surface area contributed by atoms with Crippen LogP contribution in [0.1, 0.15) is 103 Å². The third-order valence-electron chi connectivity index (χ3n) is 5.97. The molecular formula is C25H48O5. The molecule has 1 aliphatic rings. The zero-order valence-corrected chi connectivity index (χ0v) is 19.4. The Kier molecular flexibility index (Phi) is 17.7. The maximum atomic E-state index is 10.1. The summed E-state index contributed by atoms with van der Waals surface area (Å²) in [5.74, 6) is 0. The first-order valence-electron chi connectivity index (χ1n) is 12.6. The summed E-state index contributed by atoms with van der Waals surface area (Å²) in [5.41, 5.74) is 0. The molecule has 30 heavy (non-hydrogen) atoms. The maximum absolute atomic E-state index is 10.1. The lowest BCUT2D eigenvalue weighted by Gasteiger charge is -2.37. The highest BCUT2D eigenvalue weighted by Gasteiger charge is 2.38. The molecule has 5 nitrogen and oxygen atoms in total. The summed E-state index contributed by atoms with van der Waals surface area (Å²) in [7, 11) is 0. The van der Waals surface area contributed by atoms with E-state index in [9.17, 15) is 10.2 Å². The van der Waals surface area contributed by atoms with Gasteiger partial charge in [-0.2, -0.15) is 0 Å². The summed E-state index contributed by atoms with van der Waals surface area (Å²) in [5, 5.41) is 29.1. The lowest BCUT2D eigenvalue weighted by atomic mass is 10.0.